The number of hydrogen-bond acceptors (Lipinski definition) is 6. The monoisotopic (exact) mass is 264 g/mol. The van der Waals surface area contributed by atoms with Crippen LogP contribution in [0.3, 0.4) is 0 Å². The van der Waals surface area contributed by atoms with Gasteiger partial charge in [0.2, 0.25) is 0 Å². The number of hydrogen-bond donors (Lipinski definition) is 2. The maximum absolute atomic E-state index is 10.7. The van der Waals surface area contributed by atoms with Crippen LogP contribution in [0.4, 0.5) is 16.3 Å². The zero-order valence-electron chi connectivity index (χ0n) is 9.64. The minimum absolute atomic E-state index is 0.133. The molecule has 0 aromatic carbocycles. The minimum atomic E-state index is -1.27. The quantitative estimate of drug-likeness (QED) is 0.619. The van der Waals surface area contributed by atoms with Crippen molar-refractivity contribution in [2.75, 3.05) is 5.32 Å². The van der Waals surface area contributed by atoms with Crippen LogP contribution in [0.15, 0.2) is 18.3 Å². The summed E-state index contributed by atoms with van der Waals surface area (Å²) >= 11 is 0. The van der Waals surface area contributed by atoms with Crippen molar-refractivity contribution in [3.8, 4) is 11.4 Å². The minimum Gasteiger partial charge on any atom is -0.465 e. The molecule has 2 aromatic rings. The standard InChI is InChI=1S/C9H8N6O4/c1-14-8(11-9(16)17)7(12-13-14)6-3-2-5(4-10-6)15(18)19/h2-4,11H,1H3,(H,16,17). The molecular weight excluding hydrogens is 256 g/mol. The molecule has 0 atom stereocenters. The van der Waals surface area contributed by atoms with E-state index in [4.69, 9.17) is 5.11 Å². The summed E-state index contributed by atoms with van der Waals surface area (Å²) in [6.07, 6.45) is -0.206. The summed E-state index contributed by atoms with van der Waals surface area (Å²) in [5, 5.41) is 28.8. The van der Waals surface area contributed by atoms with E-state index in [-0.39, 0.29) is 22.9 Å². The number of carboxylic acid groups (broad SMARTS) is 1. The number of carbonyl (C=O) groups is 1. The molecule has 0 aliphatic rings. The van der Waals surface area contributed by atoms with Gasteiger partial charge in [-0.15, -0.1) is 5.10 Å². The van der Waals surface area contributed by atoms with E-state index in [0.29, 0.717) is 0 Å². The lowest BCUT2D eigenvalue weighted by Crippen LogP contribution is -2.11. The van der Waals surface area contributed by atoms with E-state index in [9.17, 15) is 14.9 Å². The van der Waals surface area contributed by atoms with Crippen LogP contribution >= 0.6 is 0 Å². The summed E-state index contributed by atoms with van der Waals surface area (Å²) in [4.78, 5) is 24.4. The van der Waals surface area contributed by atoms with Crippen molar-refractivity contribution in [3.63, 3.8) is 0 Å². The third kappa shape index (κ3) is 2.46. The Hall–Kier alpha value is -3.04. The van der Waals surface area contributed by atoms with Gasteiger partial charge in [0.05, 0.1) is 10.6 Å². The summed E-state index contributed by atoms with van der Waals surface area (Å²) in [5.41, 5.74) is 0.308. The van der Waals surface area contributed by atoms with Crippen LogP contribution in [-0.4, -0.2) is 36.1 Å². The summed E-state index contributed by atoms with van der Waals surface area (Å²) in [6, 6.07) is 2.62. The van der Waals surface area contributed by atoms with E-state index in [1.807, 2.05) is 0 Å². The topological polar surface area (TPSA) is 136 Å². The van der Waals surface area contributed by atoms with Crippen LogP contribution < -0.4 is 5.32 Å². The fourth-order valence-corrected chi connectivity index (χ4v) is 1.41. The molecule has 0 unspecified atom stereocenters. The predicted octanol–water partition coefficient (Wildman–Crippen LogP) is 0.875. The van der Waals surface area contributed by atoms with E-state index < -0.39 is 11.0 Å². The molecule has 0 saturated carbocycles. The molecule has 98 valence electrons. The van der Waals surface area contributed by atoms with Gasteiger partial charge in [-0.2, -0.15) is 0 Å². The number of nitrogens with one attached hydrogen (secondary N) is 1. The molecule has 0 spiro atoms. The number of rotatable bonds is 3. The van der Waals surface area contributed by atoms with Crippen molar-refractivity contribution in [1.82, 2.24) is 20.0 Å². The summed E-state index contributed by atoms with van der Waals surface area (Å²) in [6.45, 7) is 0. The Kier molecular flexibility index (Phi) is 3.06. The molecule has 2 N–H and O–H groups in total. The number of amides is 1. The van der Waals surface area contributed by atoms with Gasteiger partial charge in [0, 0.05) is 13.1 Å². The van der Waals surface area contributed by atoms with Crippen LogP contribution in [-0.2, 0) is 7.05 Å². The number of pyridine rings is 1. The zero-order valence-corrected chi connectivity index (χ0v) is 9.64. The second kappa shape index (κ2) is 4.68. The molecule has 0 saturated heterocycles. The van der Waals surface area contributed by atoms with Gasteiger partial charge in [-0.1, -0.05) is 5.21 Å². The van der Waals surface area contributed by atoms with Gasteiger partial charge in [0.25, 0.3) is 5.69 Å². The van der Waals surface area contributed by atoms with Gasteiger partial charge in [-0.25, -0.2) is 14.5 Å². The average Bonchev–Trinajstić information content (AvgIpc) is 2.71. The molecule has 1 amide bonds. The van der Waals surface area contributed by atoms with Crippen molar-refractivity contribution in [1.29, 1.82) is 0 Å². The predicted molar refractivity (Wildman–Crippen MR) is 62.5 cm³/mol. The van der Waals surface area contributed by atoms with Crippen molar-refractivity contribution in [3.05, 3.63) is 28.4 Å². The third-order valence-corrected chi connectivity index (χ3v) is 2.25. The SMILES string of the molecule is Cn1nnc(-c2ccc([N+](=O)[O-])cn2)c1NC(=O)O. The maximum atomic E-state index is 10.7. The average molecular weight is 264 g/mol. The first-order valence-corrected chi connectivity index (χ1v) is 4.99. The molecule has 2 heterocycles. The van der Waals surface area contributed by atoms with Crippen LogP contribution in [0, 0.1) is 10.1 Å². The van der Waals surface area contributed by atoms with Crippen molar-refractivity contribution >= 4 is 17.6 Å². The molecule has 0 aliphatic carbocycles. The highest BCUT2D eigenvalue weighted by Gasteiger charge is 2.17. The number of aryl methyl sites for hydroxylation is 1. The van der Waals surface area contributed by atoms with Gasteiger partial charge in [0.1, 0.15) is 6.20 Å². The number of nitro groups is 1. The summed E-state index contributed by atoms with van der Waals surface area (Å²) in [5.74, 6) is 0.133. The molecule has 19 heavy (non-hydrogen) atoms. The largest absolute Gasteiger partial charge is 0.465 e. The number of anilines is 1. The zero-order chi connectivity index (χ0) is 14.0. The van der Waals surface area contributed by atoms with Crippen molar-refractivity contribution in [2.45, 2.75) is 0 Å². The summed E-state index contributed by atoms with van der Waals surface area (Å²) < 4.78 is 1.23. The Labute approximate surface area is 105 Å². The van der Waals surface area contributed by atoms with E-state index >= 15 is 0 Å². The summed E-state index contributed by atoms with van der Waals surface area (Å²) in [7, 11) is 1.51. The molecule has 0 bridgehead atoms. The van der Waals surface area contributed by atoms with Crippen LogP contribution in [0.1, 0.15) is 0 Å². The molecule has 10 nitrogen and oxygen atoms in total. The van der Waals surface area contributed by atoms with E-state index in [2.05, 4.69) is 20.6 Å². The van der Waals surface area contributed by atoms with Crippen LogP contribution in [0.2, 0.25) is 0 Å². The molecule has 2 aromatic heterocycles. The van der Waals surface area contributed by atoms with Gasteiger partial charge in [-0.3, -0.25) is 15.4 Å². The smallest absolute Gasteiger partial charge is 0.410 e. The Morgan fingerprint density at radius 1 is 1.53 bits per heavy atom. The fraction of sp³-hybridized carbons (Fsp3) is 0.111. The van der Waals surface area contributed by atoms with E-state index in [1.54, 1.807) is 0 Å². The lowest BCUT2D eigenvalue weighted by Gasteiger charge is -2.02. The fourth-order valence-electron chi connectivity index (χ4n) is 1.41. The first kappa shape index (κ1) is 12.4. The molecular formula is C9H8N6O4. The highest BCUT2D eigenvalue weighted by atomic mass is 16.6. The van der Waals surface area contributed by atoms with Crippen LogP contribution in [0.25, 0.3) is 11.4 Å². The van der Waals surface area contributed by atoms with Gasteiger partial charge < -0.3 is 5.11 Å². The van der Waals surface area contributed by atoms with Gasteiger partial charge >= 0.3 is 6.09 Å². The van der Waals surface area contributed by atoms with E-state index in [0.717, 1.165) is 6.20 Å². The molecule has 0 fully saturated rings. The molecule has 2 rings (SSSR count). The second-order valence-corrected chi connectivity index (χ2v) is 3.50. The Morgan fingerprint density at radius 2 is 2.26 bits per heavy atom. The molecule has 0 aliphatic heterocycles. The highest BCUT2D eigenvalue weighted by Crippen LogP contribution is 2.24. The van der Waals surface area contributed by atoms with Crippen molar-refractivity contribution in [2.24, 2.45) is 7.05 Å². The lowest BCUT2D eigenvalue weighted by molar-refractivity contribution is -0.385. The Morgan fingerprint density at radius 3 is 2.79 bits per heavy atom. The highest BCUT2D eigenvalue weighted by molar-refractivity contribution is 5.86. The number of aromatic nitrogens is 4. The van der Waals surface area contributed by atoms with Crippen molar-refractivity contribution < 1.29 is 14.8 Å². The van der Waals surface area contributed by atoms with Gasteiger partial charge in [-0.05, 0) is 6.07 Å². The number of nitrogens with zero attached hydrogens (tertiary/aromatic N) is 5. The molecule has 10 heteroatoms. The lowest BCUT2D eigenvalue weighted by atomic mass is 10.2. The molecule has 0 radical (unpaired) electrons. The first-order chi connectivity index (χ1) is 8.99. The third-order valence-electron chi connectivity index (χ3n) is 2.25. The first-order valence-electron chi connectivity index (χ1n) is 4.99. The normalized spacial score (nSPS) is 10.2. The van der Waals surface area contributed by atoms with E-state index in [1.165, 1.54) is 23.9 Å². The maximum Gasteiger partial charge on any atom is 0.410 e. The Bertz CT molecular complexity index is 635. The van der Waals surface area contributed by atoms with Gasteiger partial charge in [0.15, 0.2) is 11.5 Å². The van der Waals surface area contributed by atoms with Crippen LogP contribution in [0.5, 0.6) is 0 Å². The Balaban J connectivity index is 2.41. The second-order valence-electron chi connectivity index (χ2n) is 3.50.